The molecule has 0 amide bonds. The summed E-state index contributed by atoms with van der Waals surface area (Å²) >= 11 is 3.41. The topological polar surface area (TPSA) is 12.0 Å². The molecule has 2 rings (SSSR count). The lowest BCUT2D eigenvalue weighted by atomic mass is 10.1. The number of nitrogens with one attached hydrogen (secondary N) is 1. The smallest absolute Gasteiger partial charge is 0.163 e. The van der Waals surface area contributed by atoms with Crippen LogP contribution in [0.4, 0.5) is 8.78 Å². The fourth-order valence-electron chi connectivity index (χ4n) is 1.84. The van der Waals surface area contributed by atoms with Crippen LogP contribution < -0.4 is 5.32 Å². The first-order chi connectivity index (χ1) is 9.08. The molecule has 0 bridgehead atoms. The molecule has 100 valence electrons. The largest absolute Gasteiger partial charge is 0.306 e. The second-order valence-electron chi connectivity index (χ2n) is 4.37. The van der Waals surface area contributed by atoms with Crippen molar-refractivity contribution in [2.75, 3.05) is 0 Å². The Labute approximate surface area is 119 Å². The fourth-order valence-corrected chi connectivity index (χ4v) is 2.26. The Kier molecular flexibility index (Phi) is 4.66. The van der Waals surface area contributed by atoms with Gasteiger partial charge in [-0.2, -0.15) is 0 Å². The van der Waals surface area contributed by atoms with E-state index in [1.165, 1.54) is 6.07 Å². The Bertz CT molecular complexity index is 572. The van der Waals surface area contributed by atoms with Gasteiger partial charge in [0.25, 0.3) is 0 Å². The van der Waals surface area contributed by atoms with Crippen molar-refractivity contribution in [3.8, 4) is 0 Å². The molecule has 2 aromatic carbocycles. The molecule has 0 heterocycles. The minimum absolute atomic E-state index is 0.0557. The highest BCUT2D eigenvalue weighted by molar-refractivity contribution is 9.10. The molecule has 0 unspecified atom stereocenters. The molecule has 0 aliphatic carbocycles. The van der Waals surface area contributed by atoms with E-state index in [4.69, 9.17) is 0 Å². The van der Waals surface area contributed by atoms with Crippen LogP contribution in [0, 0.1) is 11.6 Å². The Morgan fingerprint density at radius 3 is 2.63 bits per heavy atom. The van der Waals surface area contributed by atoms with Gasteiger partial charge in [0, 0.05) is 22.6 Å². The van der Waals surface area contributed by atoms with E-state index in [1.807, 2.05) is 31.2 Å². The highest BCUT2D eigenvalue weighted by Crippen LogP contribution is 2.19. The van der Waals surface area contributed by atoms with Crippen LogP contribution in [0.1, 0.15) is 24.1 Å². The van der Waals surface area contributed by atoms with Gasteiger partial charge in [-0.3, -0.25) is 0 Å². The minimum atomic E-state index is -0.811. The summed E-state index contributed by atoms with van der Waals surface area (Å²) in [5.41, 5.74) is 1.42. The maximum absolute atomic E-state index is 13.5. The Morgan fingerprint density at radius 2 is 1.89 bits per heavy atom. The van der Waals surface area contributed by atoms with Crippen LogP contribution in [-0.2, 0) is 6.54 Å². The molecule has 4 heteroatoms. The van der Waals surface area contributed by atoms with Gasteiger partial charge >= 0.3 is 0 Å². The molecular formula is C15H14BrF2N. The molecule has 0 spiro atoms. The van der Waals surface area contributed by atoms with Crippen LogP contribution in [0.15, 0.2) is 46.9 Å². The maximum Gasteiger partial charge on any atom is 0.163 e. The molecule has 0 aliphatic rings. The van der Waals surface area contributed by atoms with Crippen LogP contribution in [0.2, 0.25) is 0 Å². The zero-order valence-corrected chi connectivity index (χ0v) is 12.0. The van der Waals surface area contributed by atoms with Crippen LogP contribution >= 0.6 is 15.9 Å². The van der Waals surface area contributed by atoms with Gasteiger partial charge < -0.3 is 5.32 Å². The number of hydrogen-bond donors (Lipinski definition) is 1. The van der Waals surface area contributed by atoms with Crippen molar-refractivity contribution in [1.82, 2.24) is 5.32 Å². The summed E-state index contributed by atoms with van der Waals surface area (Å²) in [5, 5.41) is 3.18. The number of benzene rings is 2. The highest BCUT2D eigenvalue weighted by atomic mass is 79.9. The number of hydrogen-bond acceptors (Lipinski definition) is 1. The lowest BCUT2D eigenvalue weighted by Crippen LogP contribution is -2.19. The van der Waals surface area contributed by atoms with Crippen molar-refractivity contribution in [2.45, 2.75) is 19.5 Å². The van der Waals surface area contributed by atoms with E-state index >= 15 is 0 Å². The Morgan fingerprint density at radius 1 is 1.16 bits per heavy atom. The van der Waals surface area contributed by atoms with Gasteiger partial charge in [-0.1, -0.05) is 40.2 Å². The van der Waals surface area contributed by atoms with Gasteiger partial charge in [-0.15, -0.1) is 0 Å². The lowest BCUT2D eigenvalue weighted by Gasteiger charge is -2.15. The molecular weight excluding hydrogens is 312 g/mol. The van der Waals surface area contributed by atoms with E-state index in [2.05, 4.69) is 21.2 Å². The van der Waals surface area contributed by atoms with Gasteiger partial charge in [0.2, 0.25) is 0 Å². The van der Waals surface area contributed by atoms with Crippen LogP contribution in [-0.4, -0.2) is 0 Å². The fraction of sp³-hybridized carbons (Fsp3) is 0.200. The molecule has 1 N–H and O–H groups in total. The normalized spacial score (nSPS) is 12.4. The van der Waals surface area contributed by atoms with Gasteiger partial charge in [-0.05, 0) is 30.7 Å². The van der Waals surface area contributed by atoms with Crippen molar-refractivity contribution in [3.63, 3.8) is 0 Å². The summed E-state index contributed by atoms with van der Waals surface area (Å²) in [5.74, 6) is -1.59. The third kappa shape index (κ3) is 3.61. The SMILES string of the molecule is C[C@H](NCc1cccc(F)c1F)c1cccc(Br)c1. The molecule has 0 aromatic heterocycles. The predicted molar refractivity (Wildman–Crippen MR) is 75.8 cm³/mol. The molecule has 0 saturated heterocycles. The third-order valence-electron chi connectivity index (χ3n) is 2.98. The van der Waals surface area contributed by atoms with Gasteiger partial charge in [0.1, 0.15) is 0 Å². The predicted octanol–water partition coefficient (Wildman–Crippen LogP) is 4.58. The Hall–Kier alpha value is -1.26. The van der Waals surface area contributed by atoms with Crippen molar-refractivity contribution in [2.24, 2.45) is 0 Å². The highest BCUT2D eigenvalue weighted by Gasteiger charge is 2.10. The molecule has 0 aliphatic heterocycles. The van der Waals surface area contributed by atoms with E-state index in [0.717, 1.165) is 16.1 Å². The second kappa shape index (κ2) is 6.26. The molecule has 0 fully saturated rings. The summed E-state index contributed by atoms with van der Waals surface area (Å²) in [4.78, 5) is 0. The Balaban J connectivity index is 2.04. The van der Waals surface area contributed by atoms with E-state index in [0.29, 0.717) is 5.56 Å². The zero-order chi connectivity index (χ0) is 13.8. The van der Waals surface area contributed by atoms with Gasteiger partial charge in [-0.25, -0.2) is 8.78 Å². The molecule has 0 radical (unpaired) electrons. The van der Waals surface area contributed by atoms with Crippen molar-refractivity contribution >= 4 is 15.9 Å². The van der Waals surface area contributed by atoms with E-state index < -0.39 is 11.6 Å². The van der Waals surface area contributed by atoms with Gasteiger partial charge in [0.05, 0.1) is 0 Å². The monoisotopic (exact) mass is 325 g/mol. The lowest BCUT2D eigenvalue weighted by molar-refractivity contribution is 0.484. The quantitative estimate of drug-likeness (QED) is 0.867. The third-order valence-corrected chi connectivity index (χ3v) is 3.47. The maximum atomic E-state index is 13.5. The zero-order valence-electron chi connectivity index (χ0n) is 10.5. The molecule has 1 atom stereocenters. The van der Waals surface area contributed by atoms with E-state index in [9.17, 15) is 8.78 Å². The summed E-state index contributed by atoms with van der Waals surface area (Å²) < 4.78 is 27.6. The molecule has 1 nitrogen and oxygen atoms in total. The second-order valence-corrected chi connectivity index (χ2v) is 5.29. The van der Waals surface area contributed by atoms with Crippen LogP contribution in [0.3, 0.4) is 0 Å². The first-order valence-electron chi connectivity index (χ1n) is 5.99. The van der Waals surface area contributed by atoms with E-state index in [1.54, 1.807) is 6.07 Å². The molecule has 19 heavy (non-hydrogen) atoms. The summed E-state index contributed by atoms with van der Waals surface area (Å²) in [7, 11) is 0. The van der Waals surface area contributed by atoms with Crippen molar-refractivity contribution in [1.29, 1.82) is 0 Å². The van der Waals surface area contributed by atoms with Crippen LogP contribution in [0.25, 0.3) is 0 Å². The first kappa shape index (κ1) is 14.2. The summed E-state index contributed by atoms with van der Waals surface area (Å²) in [6.45, 7) is 2.27. The van der Waals surface area contributed by atoms with Gasteiger partial charge in [0.15, 0.2) is 11.6 Å². The number of halogens is 3. The summed E-state index contributed by atoms with van der Waals surface area (Å²) in [6, 6.07) is 12.2. The van der Waals surface area contributed by atoms with Crippen LogP contribution in [0.5, 0.6) is 0 Å². The first-order valence-corrected chi connectivity index (χ1v) is 6.79. The van der Waals surface area contributed by atoms with Crippen molar-refractivity contribution < 1.29 is 8.78 Å². The molecule has 0 saturated carbocycles. The van der Waals surface area contributed by atoms with E-state index in [-0.39, 0.29) is 12.6 Å². The van der Waals surface area contributed by atoms with Crippen molar-refractivity contribution in [3.05, 3.63) is 69.7 Å². The molecule has 2 aromatic rings. The standard InChI is InChI=1S/C15H14BrF2N/c1-10(11-4-2-6-13(16)8-11)19-9-12-5-3-7-14(17)15(12)18/h2-8,10,19H,9H2,1H3/t10-/m0/s1. The average molecular weight is 326 g/mol. The summed E-state index contributed by atoms with van der Waals surface area (Å²) in [6.07, 6.45) is 0. The average Bonchev–Trinajstić information content (AvgIpc) is 2.40. The minimum Gasteiger partial charge on any atom is -0.306 e. The number of rotatable bonds is 4.